The Balaban J connectivity index is 2.11. The van der Waals surface area contributed by atoms with E-state index in [1.807, 2.05) is 11.8 Å². The summed E-state index contributed by atoms with van der Waals surface area (Å²) >= 11 is 1.96. The van der Waals surface area contributed by atoms with Crippen LogP contribution >= 0.6 is 11.8 Å². The summed E-state index contributed by atoms with van der Waals surface area (Å²) in [6.45, 7) is 1.72. The number of thioether (sulfide) groups is 1. The van der Waals surface area contributed by atoms with Gasteiger partial charge in [0.25, 0.3) is 0 Å². The van der Waals surface area contributed by atoms with E-state index in [0.717, 1.165) is 12.2 Å². The van der Waals surface area contributed by atoms with E-state index in [9.17, 15) is 4.79 Å². The molecule has 1 fully saturated rings. The van der Waals surface area contributed by atoms with E-state index in [1.165, 1.54) is 24.1 Å². The Morgan fingerprint density at radius 2 is 2.50 bits per heavy atom. The van der Waals surface area contributed by atoms with Gasteiger partial charge in [-0.15, -0.1) is 0 Å². The largest absolute Gasteiger partial charge is 0.478 e. The van der Waals surface area contributed by atoms with Gasteiger partial charge in [-0.1, -0.05) is 0 Å². The highest BCUT2D eigenvalue weighted by atomic mass is 32.2. The molecule has 1 saturated heterocycles. The minimum absolute atomic E-state index is 0.199. The number of carbonyl (C=O) groups is 1. The van der Waals surface area contributed by atoms with Crippen molar-refractivity contribution < 1.29 is 9.90 Å². The molecular formula is C11H14N2O2S. The molecule has 16 heavy (non-hydrogen) atoms. The first kappa shape index (κ1) is 11.4. The molecule has 1 atom stereocenters. The van der Waals surface area contributed by atoms with E-state index in [1.54, 1.807) is 6.92 Å². The predicted octanol–water partition coefficient (Wildman–Crippen LogP) is 1.78. The van der Waals surface area contributed by atoms with Gasteiger partial charge in [0.1, 0.15) is 5.82 Å². The summed E-state index contributed by atoms with van der Waals surface area (Å²) in [7, 11) is 0. The lowest BCUT2D eigenvalue weighted by Gasteiger charge is -2.07. The smallest absolute Gasteiger partial charge is 0.339 e. The minimum Gasteiger partial charge on any atom is -0.478 e. The SMILES string of the molecule is Cc1nc(CC2CCSC2)ncc1C(=O)O. The molecule has 1 N–H and O–H groups in total. The number of aryl methyl sites for hydroxylation is 1. The van der Waals surface area contributed by atoms with Gasteiger partial charge < -0.3 is 5.11 Å². The highest BCUT2D eigenvalue weighted by Gasteiger charge is 2.18. The van der Waals surface area contributed by atoms with Crippen molar-refractivity contribution in [2.24, 2.45) is 5.92 Å². The zero-order valence-electron chi connectivity index (χ0n) is 9.14. The van der Waals surface area contributed by atoms with Crippen molar-refractivity contribution in [2.75, 3.05) is 11.5 Å². The zero-order valence-corrected chi connectivity index (χ0v) is 9.96. The van der Waals surface area contributed by atoms with E-state index in [0.29, 0.717) is 11.6 Å². The maximum Gasteiger partial charge on any atom is 0.339 e. The monoisotopic (exact) mass is 238 g/mol. The number of nitrogens with zero attached hydrogens (tertiary/aromatic N) is 2. The fourth-order valence-electron chi connectivity index (χ4n) is 1.83. The third-order valence-corrected chi connectivity index (χ3v) is 3.99. The standard InChI is InChI=1S/C11H14N2O2S/c1-7-9(11(14)15)5-12-10(13-7)4-8-2-3-16-6-8/h5,8H,2-4,6H2,1H3,(H,14,15). The quantitative estimate of drug-likeness (QED) is 0.869. The Bertz CT molecular complexity index is 403. The molecule has 1 unspecified atom stereocenters. The lowest BCUT2D eigenvalue weighted by molar-refractivity contribution is 0.0695. The Morgan fingerprint density at radius 3 is 3.06 bits per heavy atom. The molecule has 86 valence electrons. The zero-order chi connectivity index (χ0) is 11.5. The average Bonchev–Trinajstić information content (AvgIpc) is 2.70. The second-order valence-electron chi connectivity index (χ2n) is 4.02. The van der Waals surface area contributed by atoms with Crippen molar-refractivity contribution in [3.8, 4) is 0 Å². The summed E-state index contributed by atoms with van der Waals surface area (Å²) in [6, 6.07) is 0. The molecule has 0 spiro atoms. The van der Waals surface area contributed by atoms with Crippen molar-refractivity contribution in [2.45, 2.75) is 19.8 Å². The van der Waals surface area contributed by atoms with E-state index < -0.39 is 5.97 Å². The summed E-state index contributed by atoms with van der Waals surface area (Å²) in [5, 5.41) is 8.86. The van der Waals surface area contributed by atoms with Crippen LogP contribution in [-0.2, 0) is 6.42 Å². The fourth-order valence-corrected chi connectivity index (χ4v) is 3.11. The first-order valence-electron chi connectivity index (χ1n) is 5.30. The molecule has 0 amide bonds. The molecule has 2 rings (SSSR count). The van der Waals surface area contributed by atoms with Gasteiger partial charge in [-0.3, -0.25) is 0 Å². The van der Waals surface area contributed by atoms with Crippen LogP contribution in [0.3, 0.4) is 0 Å². The molecule has 2 heterocycles. The van der Waals surface area contributed by atoms with Crippen LogP contribution in [0.2, 0.25) is 0 Å². The van der Waals surface area contributed by atoms with Crippen LogP contribution in [0.1, 0.15) is 28.3 Å². The van der Waals surface area contributed by atoms with Crippen molar-refractivity contribution >= 4 is 17.7 Å². The highest BCUT2D eigenvalue weighted by Crippen LogP contribution is 2.25. The second kappa shape index (κ2) is 4.82. The molecule has 5 heteroatoms. The predicted molar refractivity (Wildman–Crippen MR) is 62.9 cm³/mol. The van der Waals surface area contributed by atoms with Crippen LogP contribution in [0.4, 0.5) is 0 Å². The molecule has 0 aromatic carbocycles. The summed E-state index contributed by atoms with van der Waals surface area (Å²) < 4.78 is 0. The van der Waals surface area contributed by atoms with E-state index in [4.69, 9.17) is 5.11 Å². The molecule has 1 aliphatic heterocycles. The molecule has 1 aromatic heterocycles. The number of aromatic nitrogens is 2. The Hall–Kier alpha value is -1.10. The maximum atomic E-state index is 10.8. The maximum absolute atomic E-state index is 10.8. The van der Waals surface area contributed by atoms with Crippen LogP contribution in [0.5, 0.6) is 0 Å². The number of hydrogen-bond acceptors (Lipinski definition) is 4. The van der Waals surface area contributed by atoms with Gasteiger partial charge in [-0.05, 0) is 30.8 Å². The third-order valence-electron chi connectivity index (χ3n) is 2.75. The van der Waals surface area contributed by atoms with Gasteiger partial charge >= 0.3 is 5.97 Å². The third kappa shape index (κ3) is 2.52. The number of carboxylic acid groups (broad SMARTS) is 1. The Labute approximate surface area is 98.5 Å². The Kier molecular flexibility index (Phi) is 3.43. The average molecular weight is 238 g/mol. The van der Waals surface area contributed by atoms with Gasteiger partial charge in [-0.25, -0.2) is 14.8 Å². The molecular weight excluding hydrogens is 224 g/mol. The lowest BCUT2D eigenvalue weighted by Crippen LogP contribution is -2.10. The number of rotatable bonds is 3. The van der Waals surface area contributed by atoms with Gasteiger partial charge in [0, 0.05) is 12.6 Å². The molecule has 4 nitrogen and oxygen atoms in total. The van der Waals surface area contributed by atoms with Gasteiger partial charge in [0.2, 0.25) is 0 Å². The molecule has 1 aliphatic rings. The normalized spacial score (nSPS) is 19.9. The summed E-state index contributed by atoms with van der Waals surface area (Å²) in [4.78, 5) is 19.2. The van der Waals surface area contributed by atoms with Crippen molar-refractivity contribution in [3.05, 3.63) is 23.3 Å². The number of carboxylic acids is 1. The number of hydrogen-bond donors (Lipinski definition) is 1. The highest BCUT2D eigenvalue weighted by molar-refractivity contribution is 7.99. The van der Waals surface area contributed by atoms with Crippen molar-refractivity contribution in [1.29, 1.82) is 0 Å². The van der Waals surface area contributed by atoms with Crippen molar-refractivity contribution in [1.82, 2.24) is 9.97 Å². The van der Waals surface area contributed by atoms with E-state index in [-0.39, 0.29) is 5.56 Å². The second-order valence-corrected chi connectivity index (χ2v) is 5.17. The first-order valence-corrected chi connectivity index (χ1v) is 6.46. The molecule has 0 radical (unpaired) electrons. The van der Waals surface area contributed by atoms with Crippen LogP contribution in [-0.4, -0.2) is 32.5 Å². The van der Waals surface area contributed by atoms with Gasteiger partial charge in [-0.2, -0.15) is 11.8 Å². The topological polar surface area (TPSA) is 63.1 Å². The van der Waals surface area contributed by atoms with Crippen LogP contribution in [0.15, 0.2) is 6.20 Å². The first-order chi connectivity index (χ1) is 7.66. The summed E-state index contributed by atoms with van der Waals surface area (Å²) in [5.74, 6) is 2.86. The van der Waals surface area contributed by atoms with Crippen LogP contribution in [0, 0.1) is 12.8 Å². The Morgan fingerprint density at radius 1 is 1.69 bits per heavy atom. The molecule has 1 aromatic rings. The fraction of sp³-hybridized carbons (Fsp3) is 0.545. The van der Waals surface area contributed by atoms with E-state index >= 15 is 0 Å². The molecule has 0 saturated carbocycles. The number of aromatic carboxylic acids is 1. The van der Waals surface area contributed by atoms with Crippen LogP contribution < -0.4 is 0 Å². The minimum atomic E-state index is -0.958. The van der Waals surface area contributed by atoms with Gasteiger partial charge in [0.05, 0.1) is 11.3 Å². The summed E-state index contributed by atoms with van der Waals surface area (Å²) in [5.41, 5.74) is 0.757. The summed E-state index contributed by atoms with van der Waals surface area (Å²) in [6.07, 6.45) is 3.50. The van der Waals surface area contributed by atoms with Crippen LogP contribution in [0.25, 0.3) is 0 Å². The lowest BCUT2D eigenvalue weighted by atomic mass is 10.0. The molecule has 0 bridgehead atoms. The van der Waals surface area contributed by atoms with Gasteiger partial charge in [0.15, 0.2) is 0 Å². The van der Waals surface area contributed by atoms with E-state index in [2.05, 4.69) is 9.97 Å². The van der Waals surface area contributed by atoms with Crippen molar-refractivity contribution in [3.63, 3.8) is 0 Å². The molecule has 0 aliphatic carbocycles.